The maximum Gasteiger partial charge on any atom is 0.0915 e. The number of hydrogen-bond donors (Lipinski definition) is 0. The highest BCUT2D eigenvalue weighted by atomic mass is 79.9. The zero-order valence-corrected chi connectivity index (χ0v) is 7.16. The zero-order chi connectivity index (χ0) is 6.78. The van der Waals surface area contributed by atoms with Gasteiger partial charge in [-0.05, 0) is 27.2 Å². The summed E-state index contributed by atoms with van der Waals surface area (Å²) in [5.74, 6) is 0. The quantitative estimate of drug-likeness (QED) is 0.581. The van der Waals surface area contributed by atoms with E-state index in [4.69, 9.17) is 0 Å². The summed E-state index contributed by atoms with van der Waals surface area (Å²) in [6.45, 7) is 5.69. The normalized spacial score (nSPS) is 16.1. The number of hydrogen-bond acceptors (Lipinski definition) is 0. The van der Waals surface area contributed by atoms with Crippen LogP contribution in [0.25, 0.3) is 0 Å². The van der Waals surface area contributed by atoms with Crippen LogP contribution in [0.5, 0.6) is 0 Å². The predicted octanol–water partition coefficient (Wildman–Crippen LogP) is 2.37. The Bertz CT molecular complexity index is 63.4. The van der Waals surface area contributed by atoms with Crippen molar-refractivity contribution in [1.82, 2.24) is 0 Å². The van der Waals surface area contributed by atoms with Crippen LogP contribution < -0.4 is 0 Å². The Morgan fingerprint density at radius 3 is 2.00 bits per heavy atom. The van der Waals surface area contributed by atoms with E-state index in [1.54, 1.807) is 6.92 Å². The van der Waals surface area contributed by atoms with E-state index in [-0.39, 0.29) is 4.32 Å². The molecule has 1 unspecified atom stereocenters. The lowest BCUT2D eigenvalue weighted by Gasteiger charge is -2.15. The standard InChI is InChI=1S/C6H12BrO/c1-5(8)4-6(2,3)7/h5H,4H2,1-3H3. The smallest absolute Gasteiger partial charge is 0.0915 e. The Balaban J connectivity index is 3.39. The Morgan fingerprint density at radius 2 is 2.00 bits per heavy atom. The fraction of sp³-hybridized carbons (Fsp3) is 1.00. The van der Waals surface area contributed by atoms with Crippen molar-refractivity contribution in [3.05, 3.63) is 0 Å². The van der Waals surface area contributed by atoms with Crippen LogP contribution in [0.3, 0.4) is 0 Å². The fourth-order valence-electron chi connectivity index (χ4n) is 0.684. The van der Waals surface area contributed by atoms with Crippen molar-refractivity contribution in [2.45, 2.75) is 37.6 Å². The molecule has 0 fully saturated rings. The molecule has 0 aromatic carbocycles. The summed E-state index contributed by atoms with van der Waals surface area (Å²) in [5, 5.41) is 10.5. The first-order valence-corrected chi connectivity index (χ1v) is 3.56. The molecule has 0 saturated heterocycles. The molecule has 8 heavy (non-hydrogen) atoms. The predicted molar refractivity (Wildman–Crippen MR) is 37.8 cm³/mol. The minimum atomic E-state index is -0.454. The highest BCUT2D eigenvalue weighted by Gasteiger charge is 2.15. The lowest BCUT2D eigenvalue weighted by atomic mass is 10.1. The summed E-state index contributed by atoms with van der Waals surface area (Å²) in [7, 11) is 0. The first-order valence-electron chi connectivity index (χ1n) is 2.76. The minimum absolute atomic E-state index is 0.0220. The first-order chi connectivity index (χ1) is 3.42. The fourth-order valence-corrected chi connectivity index (χ4v) is 1.14. The molecule has 0 aliphatic rings. The van der Waals surface area contributed by atoms with E-state index in [0.717, 1.165) is 0 Å². The first kappa shape index (κ1) is 8.44. The molecule has 0 heterocycles. The molecule has 0 aromatic rings. The molecule has 1 atom stereocenters. The second-order valence-corrected chi connectivity index (χ2v) is 4.88. The van der Waals surface area contributed by atoms with Crippen molar-refractivity contribution in [2.75, 3.05) is 0 Å². The van der Waals surface area contributed by atoms with Gasteiger partial charge in [-0.25, -0.2) is 5.11 Å². The minimum Gasteiger partial charge on any atom is -0.233 e. The molecule has 0 aliphatic heterocycles. The van der Waals surface area contributed by atoms with E-state index >= 15 is 0 Å². The van der Waals surface area contributed by atoms with Gasteiger partial charge in [0, 0.05) is 4.32 Å². The summed E-state index contributed by atoms with van der Waals surface area (Å²) in [4.78, 5) is 0. The lowest BCUT2D eigenvalue weighted by molar-refractivity contribution is 0.0914. The van der Waals surface area contributed by atoms with Crippen molar-refractivity contribution in [3.63, 3.8) is 0 Å². The molecule has 0 saturated carbocycles. The largest absolute Gasteiger partial charge is 0.233 e. The molecule has 0 N–H and O–H groups in total. The van der Waals surface area contributed by atoms with Gasteiger partial charge in [0.15, 0.2) is 0 Å². The molecule has 2 heteroatoms. The monoisotopic (exact) mass is 179 g/mol. The molecule has 49 valence electrons. The number of halogens is 1. The van der Waals surface area contributed by atoms with Gasteiger partial charge in [0.25, 0.3) is 0 Å². The van der Waals surface area contributed by atoms with Gasteiger partial charge in [-0.1, -0.05) is 15.9 Å². The van der Waals surface area contributed by atoms with Crippen LogP contribution in [-0.2, 0) is 5.11 Å². The summed E-state index contributed by atoms with van der Waals surface area (Å²) >= 11 is 3.38. The van der Waals surface area contributed by atoms with Gasteiger partial charge in [0.05, 0.1) is 6.10 Å². The molecule has 1 nitrogen and oxygen atoms in total. The third-order valence-corrected chi connectivity index (χ3v) is 1.10. The summed E-state index contributed by atoms with van der Waals surface area (Å²) in [5.41, 5.74) is 0. The van der Waals surface area contributed by atoms with Crippen LogP contribution in [0.2, 0.25) is 0 Å². The second kappa shape index (κ2) is 2.83. The van der Waals surface area contributed by atoms with Gasteiger partial charge in [-0.2, -0.15) is 0 Å². The average Bonchev–Trinajstić information content (AvgIpc) is 1.21. The van der Waals surface area contributed by atoms with Crippen molar-refractivity contribution >= 4 is 15.9 Å². The molecule has 1 radical (unpaired) electrons. The second-order valence-electron chi connectivity index (χ2n) is 2.73. The lowest BCUT2D eigenvalue weighted by Crippen LogP contribution is -2.16. The van der Waals surface area contributed by atoms with Gasteiger partial charge in [0.1, 0.15) is 0 Å². The Morgan fingerprint density at radius 1 is 1.62 bits per heavy atom. The highest BCUT2D eigenvalue weighted by Crippen LogP contribution is 2.21. The van der Waals surface area contributed by atoms with Gasteiger partial charge in [-0.3, -0.25) is 0 Å². The molecule has 0 aromatic heterocycles. The molecular formula is C6H12BrO. The van der Waals surface area contributed by atoms with Crippen LogP contribution in [0, 0.1) is 0 Å². The Labute approximate surface area is 59.2 Å². The number of rotatable bonds is 2. The summed E-state index contributed by atoms with van der Waals surface area (Å²) in [6.07, 6.45) is 0.233. The molecule has 0 amide bonds. The van der Waals surface area contributed by atoms with Gasteiger partial charge < -0.3 is 0 Å². The van der Waals surface area contributed by atoms with E-state index in [9.17, 15) is 5.11 Å². The zero-order valence-electron chi connectivity index (χ0n) is 5.57. The highest BCUT2D eigenvalue weighted by molar-refractivity contribution is 9.10. The van der Waals surface area contributed by atoms with Crippen LogP contribution in [0.1, 0.15) is 27.2 Å². The van der Waals surface area contributed by atoms with Crippen molar-refractivity contribution < 1.29 is 5.11 Å². The third-order valence-electron chi connectivity index (χ3n) is 0.773. The molecular weight excluding hydrogens is 168 g/mol. The average molecular weight is 180 g/mol. The van der Waals surface area contributed by atoms with Gasteiger partial charge >= 0.3 is 0 Å². The van der Waals surface area contributed by atoms with Gasteiger partial charge in [-0.15, -0.1) is 0 Å². The van der Waals surface area contributed by atoms with Crippen molar-refractivity contribution in [3.8, 4) is 0 Å². The summed E-state index contributed by atoms with van der Waals surface area (Å²) in [6, 6.07) is 0. The molecule has 0 bridgehead atoms. The maximum absolute atomic E-state index is 10.5. The van der Waals surface area contributed by atoms with E-state index in [1.807, 2.05) is 13.8 Å². The van der Waals surface area contributed by atoms with Crippen LogP contribution >= 0.6 is 15.9 Å². The van der Waals surface area contributed by atoms with Crippen molar-refractivity contribution in [1.29, 1.82) is 0 Å². The maximum atomic E-state index is 10.5. The Hall–Kier alpha value is 0.440. The van der Waals surface area contributed by atoms with E-state index in [0.29, 0.717) is 6.42 Å². The molecule has 0 rings (SSSR count). The SMILES string of the molecule is CC([O])CC(C)(C)Br. The Kier molecular flexibility index (Phi) is 2.99. The van der Waals surface area contributed by atoms with Crippen LogP contribution in [-0.4, -0.2) is 10.4 Å². The molecule has 0 spiro atoms. The third kappa shape index (κ3) is 6.44. The van der Waals surface area contributed by atoms with Gasteiger partial charge in [0.2, 0.25) is 0 Å². The molecule has 0 aliphatic carbocycles. The number of alkyl halides is 1. The van der Waals surface area contributed by atoms with E-state index in [1.165, 1.54) is 0 Å². The van der Waals surface area contributed by atoms with E-state index < -0.39 is 6.10 Å². The van der Waals surface area contributed by atoms with Crippen molar-refractivity contribution in [2.24, 2.45) is 0 Å². The van der Waals surface area contributed by atoms with E-state index in [2.05, 4.69) is 15.9 Å². The summed E-state index contributed by atoms with van der Waals surface area (Å²) < 4.78 is 0.0220. The van der Waals surface area contributed by atoms with Crippen LogP contribution in [0.15, 0.2) is 0 Å². The topological polar surface area (TPSA) is 19.9 Å². The van der Waals surface area contributed by atoms with Crippen LogP contribution in [0.4, 0.5) is 0 Å².